The van der Waals surface area contributed by atoms with Crippen LogP contribution in [0.2, 0.25) is 5.02 Å². The zero-order valence-corrected chi connectivity index (χ0v) is 12.4. The molecule has 2 aliphatic rings. The maximum atomic E-state index is 12.5. The van der Waals surface area contributed by atoms with Crippen LogP contribution in [0.25, 0.3) is 0 Å². The number of nitrogens with one attached hydrogen (secondary N) is 1. The molecule has 1 heterocycles. The van der Waals surface area contributed by atoms with Crippen molar-refractivity contribution in [3.63, 3.8) is 0 Å². The van der Waals surface area contributed by atoms with Crippen molar-refractivity contribution < 1.29 is 4.79 Å². The number of carbonyl (C=O) groups is 1. The van der Waals surface area contributed by atoms with Gasteiger partial charge in [0.2, 0.25) is 5.91 Å². The van der Waals surface area contributed by atoms with Gasteiger partial charge in [0.15, 0.2) is 0 Å². The van der Waals surface area contributed by atoms with Gasteiger partial charge < -0.3 is 4.90 Å². The van der Waals surface area contributed by atoms with Crippen LogP contribution in [0.5, 0.6) is 0 Å². The molecule has 1 saturated heterocycles. The number of hydrogen-bond donors (Lipinski definition) is 1. The van der Waals surface area contributed by atoms with Crippen LogP contribution in [-0.4, -0.2) is 34.9 Å². The quantitative estimate of drug-likeness (QED) is 0.927. The fourth-order valence-corrected chi connectivity index (χ4v) is 3.21. The maximum Gasteiger partial charge on any atom is 0.244 e. The average molecular weight is 297 g/mol. The summed E-state index contributed by atoms with van der Waals surface area (Å²) < 4.78 is 0. The van der Waals surface area contributed by atoms with Gasteiger partial charge in [-0.25, -0.2) is 0 Å². The Hall–Kier alpha value is -0.710. The third-order valence-corrected chi connectivity index (χ3v) is 4.67. The molecule has 2 fully saturated rings. The van der Waals surface area contributed by atoms with Gasteiger partial charge in [-0.05, 0) is 36.8 Å². The second-order valence-corrected chi connectivity index (χ2v) is 6.60. The van der Waals surface area contributed by atoms with Crippen LogP contribution < -0.4 is 5.32 Å². The van der Waals surface area contributed by atoms with Crippen LogP contribution in [-0.2, 0) is 4.79 Å². The minimum atomic E-state index is -0.272. The zero-order chi connectivity index (χ0) is 13.5. The third kappa shape index (κ3) is 2.37. The van der Waals surface area contributed by atoms with Gasteiger partial charge in [0.05, 0.1) is 0 Å². The molecule has 1 unspecified atom stereocenters. The number of thioether (sulfide) groups is 1. The Bertz CT molecular complexity index is 504. The van der Waals surface area contributed by atoms with Gasteiger partial charge in [-0.1, -0.05) is 23.7 Å². The molecule has 1 amide bonds. The average Bonchev–Trinajstić information content (AvgIpc) is 3.12. The second-order valence-electron chi connectivity index (χ2n) is 5.18. The van der Waals surface area contributed by atoms with Crippen LogP contribution in [0.15, 0.2) is 24.3 Å². The highest BCUT2D eigenvalue weighted by molar-refractivity contribution is 7.98. The lowest BCUT2D eigenvalue weighted by atomic mass is 10.1. The summed E-state index contributed by atoms with van der Waals surface area (Å²) in [4.78, 5) is 14.5. The first-order chi connectivity index (χ1) is 9.16. The van der Waals surface area contributed by atoms with E-state index in [1.54, 1.807) is 11.8 Å². The Balaban J connectivity index is 1.87. The van der Waals surface area contributed by atoms with Crippen molar-refractivity contribution in [1.82, 2.24) is 10.2 Å². The van der Waals surface area contributed by atoms with Gasteiger partial charge in [-0.15, -0.1) is 0 Å². The first kappa shape index (κ1) is 13.3. The normalized spacial score (nSPS) is 24.2. The largest absolute Gasteiger partial charge is 0.320 e. The van der Waals surface area contributed by atoms with Crippen LogP contribution in [0.4, 0.5) is 0 Å². The van der Waals surface area contributed by atoms with Crippen LogP contribution >= 0.6 is 23.4 Å². The molecular weight excluding hydrogens is 280 g/mol. The molecule has 0 radical (unpaired) electrons. The lowest BCUT2D eigenvalue weighted by Crippen LogP contribution is -2.33. The fraction of sp³-hybridized carbons (Fsp3) is 0.500. The summed E-state index contributed by atoms with van der Waals surface area (Å²) in [7, 11) is 0. The first-order valence-electron chi connectivity index (χ1n) is 6.49. The Morgan fingerprint density at radius 2 is 2.32 bits per heavy atom. The molecule has 1 N–H and O–H groups in total. The molecule has 102 valence electrons. The number of benzene rings is 1. The molecule has 1 aromatic rings. The summed E-state index contributed by atoms with van der Waals surface area (Å²) in [6.45, 7) is 0.784. The molecule has 1 saturated carbocycles. The Labute approximate surface area is 122 Å². The van der Waals surface area contributed by atoms with E-state index in [1.165, 1.54) is 0 Å². The molecule has 0 aromatic heterocycles. The lowest BCUT2D eigenvalue weighted by Gasteiger charge is -2.24. The molecule has 3 nitrogen and oxygen atoms in total. The third-order valence-electron chi connectivity index (χ3n) is 3.85. The van der Waals surface area contributed by atoms with Crippen molar-refractivity contribution in [2.75, 3.05) is 18.6 Å². The van der Waals surface area contributed by atoms with E-state index >= 15 is 0 Å². The van der Waals surface area contributed by atoms with E-state index in [-0.39, 0.29) is 17.6 Å². The van der Waals surface area contributed by atoms with E-state index < -0.39 is 0 Å². The maximum absolute atomic E-state index is 12.5. The monoisotopic (exact) mass is 296 g/mol. The number of rotatable bonds is 4. The molecule has 3 rings (SSSR count). The van der Waals surface area contributed by atoms with E-state index in [9.17, 15) is 4.79 Å². The lowest BCUT2D eigenvalue weighted by molar-refractivity contribution is -0.130. The van der Waals surface area contributed by atoms with E-state index in [0.29, 0.717) is 5.02 Å². The van der Waals surface area contributed by atoms with Crippen LogP contribution in [0.1, 0.15) is 24.6 Å². The summed E-state index contributed by atoms with van der Waals surface area (Å²) in [5.74, 6) is 1.21. The SMILES string of the molecule is CSCCN1C(=O)C2(CC2)NC1c1cccc(Cl)c1. The predicted molar refractivity (Wildman–Crippen MR) is 79.4 cm³/mol. The highest BCUT2D eigenvalue weighted by Gasteiger charge is 2.59. The molecule has 5 heteroatoms. The molecule has 1 atom stereocenters. The summed E-state index contributed by atoms with van der Waals surface area (Å²) in [5, 5.41) is 4.22. The van der Waals surface area contributed by atoms with Crippen molar-refractivity contribution in [1.29, 1.82) is 0 Å². The van der Waals surface area contributed by atoms with Crippen molar-refractivity contribution >= 4 is 29.3 Å². The summed E-state index contributed by atoms with van der Waals surface area (Å²) in [6.07, 6.45) is 3.95. The number of amides is 1. The number of halogens is 1. The van der Waals surface area contributed by atoms with Gasteiger partial charge in [0.25, 0.3) is 0 Å². The van der Waals surface area contributed by atoms with Gasteiger partial charge >= 0.3 is 0 Å². The van der Waals surface area contributed by atoms with Crippen molar-refractivity contribution in [3.8, 4) is 0 Å². The Morgan fingerprint density at radius 1 is 1.53 bits per heavy atom. The minimum Gasteiger partial charge on any atom is -0.320 e. The Morgan fingerprint density at radius 3 is 2.95 bits per heavy atom. The summed E-state index contributed by atoms with van der Waals surface area (Å²) >= 11 is 7.83. The van der Waals surface area contributed by atoms with Crippen LogP contribution in [0, 0.1) is 0 Å². The van der Waals surface area contributed by atoms with E-state index in [0.717, 1.165) is 30.7 Å². The minimum absolute atomic E-state index is 0.0270. The topological polar surface area (TPSA) is 32.3 Å². The molecule has 0 bridgehead atoms. The number of carbonyl (C=O) groups excluding carboxylic acids is 1. The highest BCUT2D eigenvalue weighted by Crippen LogP contribution is 2.46. The second kappa shape index (κ2) is 5.00. The van der Waals surface area contributed by atoms with Crippen molar-refractivity contribution in [2.24, 2.45) is 0 Å². The molecule has 1 aliphatic heterocycles. The van der Waals surface area contributed by atoms with E-state index in [2.05, 4.69) is 11.6 Å². The fourth-order valence-electron chi connectivity index (χ4n) is 2.64. The van der Waals surface area contributed by atoms with Crippen LogP contribution in [0.3, 0.4) is 0 Å². The highest BCUT2D eigenvalue weighted by atomic mass is 35.5. The van der Waals surface area contributed by atoms with Gasteiger partial charge in [0, 0.05) is 17.3 Å². The van der Waals surface area contributed by atoms with Gasteiger partial charge in [-0.2, -0.15) is 11.8 Å². The molecular formula is C14H17ClN2OS. The predicted octanol–water partition coefficient (Wildman–Crippen LogP) is 2.67. The van der Waals surface area contributed by atoms with Gasteiger partial charge in [-0.3, -0.25) is 10.1 Å². The van der Waals surface area contributed by atoms with E-state index in [1.807, 2.05) is 29.2 Å². The summed E-state index contributed by atoms with van der Waals surface area (Å²) in [6, 6.07) is 7.78. The number of nitrogens with zero attached hydrogens (tertiary/aromatic N) is 1. The molecule has 1 aliphatic carbocycles. The van der Waals surface area contributed by atoms with Gasteiger partial charge in [0.1, 0.15) is 11.7 Å². The zero-order valence-electron chi connectivity index (χ0n) is 10.9. The Kier molecular flexibility index (Phi) is 3.50. The molecule has 19 heavy (non-hydrogen) atoms. The van der Waals surface area contributed by atoms with Crippen molar-refractivity contribution in [3.05, 3.63) is 34.9 Å². The molecule has 1 aromatic carbocycles. The first-order valence-corrected chi connectivity index (χ1v) is 8.27. The smallest absolute Gasteiger partial charge is 0.244 e. The standard InChI is InChI=1S/C14H17ClN2OS/c1-19-8-7-17-12(10-3-2-4-11(15)9-10)16-14(5-6-14)13(17)18/h2-4,9,12,16H,5-8H2,1H3. The van der Waals surface area contributed by atoms with E-state index in [4.69, 9.17) is 11.6 Å². The summed E-state index contributed by atoms with van der Waals surface area (Å²) in [5.41, 5.74) is 0.802. The molecule has 1 spiro atoms. The number of hydrogen-bond acceptors (Lipinski definition) is 3. The van der Waals surface area contributed by atoms with Crippen molar-refractivity contribution in [2.45, 2.75) is 24.5 Å².